The van der Waals surface area contributed by atoms with Gasteiger partial charge in [-0.3, -0.25) is 4.68 Å². The highest BCUT2D eigenvalue weighted by Gasteiger charge is 2.12. The first-order chi connectivity index (χ1) is 7.04. The number of aliphatic hydroxyl groups excluding tert-OH is 2. The van der Waals surface area contributed by atoms with Crippen molar-refractivity contribution < 1.29 is 10.2 Å². The monoisotopic (exact) mass is 213 g/mol. The van der Waals surface area contributed by atoms with Crippen molar-refractivity contribution in [1.82, 2.24) is 15.1 Å². The highest BCUT2D eigenvalue weighted by atomic mass is 16.3. The number of aromatic nitrogens is 2. The topological polar surface area (TPSA) is 70.3 Å². The van der Waals surface area contributed by atoms with Crippen molar-refractivity contribution in [3.63, 3.8) is 0 Å². The molecule has 0 aliphatic carbocycles. The highest BCUT2D eigenvalue weighted by Crippen LogP contribution is 2.14. The van der Waals surface area contributed by atoms with Gasteiger partial charge in [0.1, 0.15) is 0 Å². The molecule has 0 radical (unpaired) electrons. The Morgan fingerprint density at radius 1 is 1.60 bits per heavy atom. The van der Waals surface area contributed by atoms with E-state index in [4.69, 9.17) is 5.11 Å². The largest absolute Gasteiger partial charge is 0.394 e. The van der Waals surface area contributed by atoms with Gasteiger partial charge < -0.3 is 15.5 Å². The van der Waals surface area contributed by atoms with Crippen molar-refractivity contribution in [1.29, 1.82) is 0 Å². The molecule has 2 unspecified atom stereocenters. The van der Waals surface area contributed by atoms with Crippen LogP contribution in [0.4, 0.5) is 0 Å². The van der Waals surface area contributed by atoms with Gasteiger partial charge in [0, 0.05) is 31.4 Å². The van der Waals surface area contributed by atoms with E-state index in [1.165, 1.54) is 0 Å². The summed E-state index contributed by atoms with van der Waals surface area (Å²) in [6.07, 6.45) is 1.25. The third-order valence-electron chi connectivity index (χ3n) is 2.39. The summed E-state index contributed by atoms with van der Waals surface area (Å²) in [6, 6.07) is 0.125. The van der Waals surface area contributed by atoms with Crippen LogP contribution < -0.4 is 5.32 Å². The molecular formula is C10H19N3O2. The lowest BCUT2D eigenvalue weighted by Gasteiger charge is -2.15. The molecule has 0 saturated carbocycles. The van der Waals surface area contributed by atoms with Gasteiger partial charge in [-0.25, -0.2) is 0 Å². The smallest absolute Gasteiger partial charge is 0.0895 e. The molecule has 0 aliphatic rings. The van der Waals surface area contributed by atoms with E-state index in [0.29, 0.717) is 6.54 Å². The molecule has 5 nitrogen and oxygen atoms in total. The van der Waals surface area contributed by atoms with Crippen LogP contribution in [0.5, 0.6) is 0 Å². The zero-order valence-corrected chi connectivity index (χ0v) is 9.44. The van der Waals surface area contributed by atoms with Crippen molar-refractivity contribution in [2.45, 2.75) is 26.0 Å². The lowest BCUT2D eigenvalue weighted by molar-refractivity contribution is 0.0923. The summed E-state index contributed by atoms with van der Waals surface area (Å²) >= 11 is 0. The van der Waals surface area contributed by atoms with E-state index >= 15 is 0 Å². The van der Waals surface area contributed by atoms with Gasteiger partial charge in [-0.15, -0.1) is 0 Å². The second kappa shape index (κ2) is 5.25. The zero-order valence-electron chi connectivity index (χ0n) is 9.44. The number of nitrogens with one attached hydrogen (secondary N) is 1. The van der Waals surface area contributed by atoms with Gasteiger partial charge >= 0.3 is 0 Å². The first-order valence-electron chi connectivity index (χ1n) is 5.07. The van der Waals surface area contributed by atoms with Crippen LogP contribution in [0.3, 0.4) is 0 Å². The maximum Gasteiger partial charge on any atom is 0.0895 e. The molecule has 0 bridgehead atoms. The number of hydrogen-bond donors (Lipinski definition) is 3. The predicted octanol–water partition coefficient (Wildman–Crippen LogP) is -0.268. The van der Waals surface area contributed by atoms with Crippen LogP contribution in [0.2, 0.25) is 0 Å². The summed E-state index contributed by atoms with van der Waals surface area (Å²) in [5.74, 6) is 0. The van der Waals surface area contributed by atoms with Crippen LogP contribution in [0, 0.1) is 6.92 Å². The number of aryl methyl sites for hydroxylation is 2. The standard InChI is InChI=1S/C10H19N3O2/c1-7(11-4-9(15)6-14)10-5-13(3)12-8(10)2/h5,7,9,11,14-15H,4,6H2,1-3H3. The minimum Gasteiger partial charge on any atom is -0.394 e. The van der Waals surface area contributed by atoms with Crippen molar-refractivity contribution in [3.05, 3.63) is 17.5 Å². The summed E-state index contributed by atoms with van der Waals surface area (Å²) in [5.41, 5.74) is 2.10. The van der Waals surface area contributed by atoms with E-state index in [1.807, 2.05) is 27.1 Å². The fraction of sp³-hybridized carbons (Fsp3) is 0.700. The molecule has 1 aromatic rings. The van der Waals surface area contributed by atoms with Gasteiger partial charge in [0.25, 0.3) is 0 Å². The third-order valence-corrected chi connectivity index (χ3v) is 2.39. The van der Waals surface area contributed by atoms with Crippen LogP contribution in [0.1, 0.15) is 24.2 Å². The molecule has 0 fully saturated rings. The van der Waals surface area contributed by atoms with Gasteiger partial charge in [0.05, 0.1) is 18.4 Å². The molecule has 0 spiro atoms. The van der Waals surface area contributed by atoms with Crippen molar-refractivity contribution >= 4 is 0 Å². The first-order valence-corrected chi connectivity index (χ1v) is 5.07. The predicted molar refractivity (Wildman–Crippen MR) is 57.5 cm³/mol. The Kier molecular flexibility index (Phi) is 4.26. The maximum atomic E-state index is 9.19. The van der Waals surface area contributed by atoms with Gasteiger partial charge in [0.2, 0.25) is 0 Å². The molecule has 0 saturated heterocycles. The van der Waals surface area contributed by atoms with E-state index in [1.54, 1.807) is 4.68 Å². The molecule has 5 heteroatoms. The van der Waals surface area contributed by atoms with E-state index < -0.39 is 6.10 Å². The summed E-state index contributed by atoms with van der Waals surface area (Å²) in [7, 11) is 1.88. The first kappa shape index (κ1) is 12.2. The summed E-state index contributed by atoms with van der Waals surface area (Å²) in [4.78, 5) is 0. The van der Waals surface area contributed by atoms with Crippen LogP contribution in [0.15, 0.2) is 6.20 Å². The minimum atomic E-state index is -0.704. The highest BCUT2D eigenvalue weighted by molar-refractivity contribution is 5.19. The van der Waals surface area contributed by atoms with Crippen LogP contribution in [-0.4, -0.2) is 39.2 Å². The summed E-state index contributed by atoms with van der Waals surface area (Å²) in [6.45, 7) is 4.13. The quantitative estimate of drug-likeness (QED) is 0.630. The van der Waals surface area contributed by atoms with E-state index in [9.17, 15) is 5.11 Å². The number of hydrogen-bond acceptors (Lipinski definition) is 4. The molecule has 0 aliphatic heterocycles. The van der Waals surface area contributed by atoms with Crippen LogP contribution in [-0.2, 0) is 7.05 Å². The Hall–Kier alpha value is -0.910. The minimum absolute atomic E-state index is 0.125. The lowest BCUT2D eigenvalue weighted by atomic mass is 10.1. The molecule has 86 valence electrons. The third kappa shape index (κ3) is 3.30. The average molecular weight is 213 g/mol. The average Bonchev–Trinajstić information content (AvgIpc) is 2.53. The second-order valence-electron chi connectivity index (χ2n) is 3.81. The molecule has 1 aromatic heterocycles. The fourth-order valence-electron chi connectivity index (χ4n) is 1.53. The van der Waals surface area contributed by atoms with Crippen molar-refractivity contribution in [3.8, 4) is 0 Å². The van der Waals surface area contributed by atoms with Crippen molar-refractivity contribution in [2.75, 3.05) is 13.2 Å². The van der Waals surface area contributed by atoms with Gasteiger partial charge in [-0.05, 0) is 13.8 Å². The second-order valence-corrected chi connectivity index (χ2v) is 3.81. The van der Waals surface area contributed by atoms with Gasteiger partial charge in [-0.2, -0.15) is 5.10 Å². The molecule has 15 heavy (non-hydrogen) atoms. The fourth-order valence-corrected chi connectivity index (χ4v) is 1.53. The molecular weight excluding hydrogens is 194 g/mol. The summed E-state index contributed by atoms with van der Waals surface area (Å²) < 4.78 is 1.77. The SMILES string of the molecule is Cc1nn(C)cc1C(C)NCC(O)CO. The van der Waals surface area contributed by atoms with E-state index in [-0.39, 0.29) is 12.6 Å². The molecule has 0 aromatic carbocycles. The normalized spacial score (nSPS) is 15.3. The number of aliphatic hydroxyl groups is 2. The Balaban J connectivity index is 2.53. The molecule has 2 atom stereocenters. The van der Waals surface area contributed by atoms with Gasteiger partial charge in [0.15, 0.2) is 0 Å². The number of nitrogens with zero attached hydrogens (tertiary/aromatic N) is 2. The Bertz CT molecular complexity index is 312. The molecule has 3 N–H and O–H groups in total. The zero-order chi connectivity index (χ0) is 11.4. The molecule has 1 rings (SSSR count). The molecule has 0 amide bonds. The van der Waals surface area contributed by atoms with Crippen molar-refractivity contribution in [2.24, 2.45) is 7.05 Å². The Labute approximate surface area is 89.7 Å². The number of rotatable bonds is 5. The summed E-state index contributed by atoms with van der Waals surface area (Å²) in [5, 5.41) is 25.2. The van der Waals surface area contributed by atoms with E-state index in [2.05, 4.69) is 10.4 Å². The lowest BCUT2D eigenvalue weighted by Crippen LogP contribution is -2.31. The van der Waals surface area contributed by atoms with E-state index in [0.717, 1.165) is 11.3 Å². The Morgan fingerprint density at radius 2 is 2.27 bits per heavy atom. The van der Waals surface area contributed by atoms with Crippen LogP contribution in [0.25, 0.3) is 0 Å². The Morgan fingerprint density at radius 3 is 2.73 bits per heavy atom. The molecule has 1 heterocycles. The van der Waals surface area contributed by atoms with Gasteiger partial charge in [-0.1, -0.05) is 0 Å². The van der Waals surface area contributed by atoms with Crippen LogP contribution >= 0.6 is 0 Å². The maximum absolute atomic E-state index is 9.19.